The van der Waals surface area contributed by atoms with Gasteiger partial charge in [-0.15, -0.1) is 0 Å². The number of carboxylic acid groups (broad SMARTS) is 2. The quantitative estimate of drug-likeness (QED) is 0.0651. The summed E-state index contributed by atoms with van der Waals surface area (Å²) in [6, 6.07) is 0. The van der Waals surface area contributed by atoms with Crippen LogP contribution in [0.15, 0.2) is 0 Å². The number of hydrogen-bond acceptors (Lipinski definition) is 4. The summed E-state index contributed by atoms with van der Waals surface area (Å²) in [6.07, 6.45) is 45.6. The molecule has 0 amide bonds. The number of aliphatic carboxylic acids is 2. The van der Waals surface area contributed by atoms with Crippen LogP contribution in [-0.4, -0.2) is 11.9 Å². The fourth-order valence-electron chi connectivity index (χ4n) is 5.99. The molecule has 0 saturated heterocycles. The lowest BCUT2D eigenvalue weighted by Gasteiger charge is -2.04. The Hall–Kier alpha value is -1.06. The largest absolute Gasteiger partial charge is 0.550 e. The summed E-state index contributed by atoms with van der Waals surface area (Å²) in [5.74, 6) is -1.80. The van der Waals surface area contributed by atoms with Gasteiger partial charge in [0.25, 0.3) is 0 Å². The monoisotopic (exact) mass is 623 g/mol. The normalized spacial score (nSPS) is 11.0. The molecule has 4 heteroatoms. The average molecular weight is 623 g/mol. The molecule has 264 valence electrons. The van der Waals surface area contributed by atoms with Crippen LogP contribution in [0, 0.1) is 0 Å². The van der Waals surface area contributed by atoms with Crippen LogP contribution in [0.2, 0.25) is 0 Å². The van der Waals surface area contributed by atoms with E-state index in [0.29, 0.717) is 0 Å². The van der Waals surface area contributed by atoms with Crippen molar-refractivity contribution in [3.8, 4) is 0 Å². The van der Waals surface area contributed by atoms with Crippen LogP contribution in [0.25, 0.3) is 0 Å². The topological polar surface area (TPSA) is 80.3 Å². The molecule has 0 aromatic heterocycles. The Bertz CT molecular complexity index is 547. The molecule has 0 fully saturated rings. The second-order valence-electron chi connectivity index (χ2n) is 13.6. The average Bonchev–Trinajstić information content (AvgIpc) is 3.00. The third-order valence-corrected chi connectivity index (χ3v) is 8.97. The maximum absolute atomic E-state index is 10.3. The Labute approximate surface area is 276 Å². The van der Waals surface area contributed by atoms with E-state index >= 15 is 0 Å². The van der Waals surface area contributed by atoms with Gasteiger partial charge in [-0.05, 0) is 25.7 Å². The Morgan fingerprint density at radius 3 is 0.545 bits per heavy atom. The van der Waals surface area contributed by atoms with Crippen LogP contribution < -0.4 is 10.2 Å². The molecule has 0 aliphatic carbocycles. The van der Waals surface area contributed by atoms with E-state index in [2.05, 4.69) is 13.8 Å². The zero-order valence-corrected chi connectivity index (χ0v) is 30.1. The van der Waals surface area contributed by atoms with E-state index in [-0.39, 0.29) is 12.8 Å². The van der Waals surface area contributed by atoms with Crippen molar-refractivity contribution in [1.29, 1.82) is 0 Å². The molecule has 0 bridgehead atoms. The molecule has 0 N–H and O–H groups in total. The van der Waals surface area contributed by atoms with Gasteiger partial charge in [-0.3, -0.25) is 0 Å². The molecule has 0 heterocycles. The molecule has 0 aliphatic rings. The van der Waals surface area contributed by atoms with E-state index in [1.807, 2.05) is 0 Å². The third kappa shape index (κ3) is 47.9. The van der Waals surface area contributed by atoms with Crippen LogP contribution in [0.1, 0.15) is 245 Å². The van der Waals surface area contributed by atoms with Gasteiger partial charge in [0.1, 0.15) is 0 Å². The molecule has 44 heavy (non-hydrogen) atoms. The fraction of sp³-hybridized carbons (Fsp3) is 0.950. The van der Waals surface area contributed by atoms with Crippen molar-refractivity contribution in [2.75, 3.05) is 0 Å². The van der Waals surface area contributed by atoms with Gasteiger partial charge >= 0.3 is 0 Å². The summed E-state index contributed by atoms with van der Waals surface area (Å²) in [5.41, 5.74) is 0. The minimum Gasteiger partial charge on any atom is -0.550 e. The summed E-state index contributed by atoms with van der Waals surface area (Å²) in [6.45, 7) is 4.55. The van der Waals surface area contributed by atoms with Gasteiger partial charge in [0.2, 0.25) is 0 Å². The second-order valence-corrected chi connectivity index (χ2v) is 13.6. The molecular weight excluding hydrogens is 544 g/mol. The summed E-state index contributed by atoms with van der Waals surface area (Å²) < 4.78 is 0. The highest BCUT2D eigenvalue weighted by Gasteiger charge is 1.96. The van der Waals surface area contributed by atoms with Gasteiger partial charge < -0.3 is 19.8 Å². The number of carbonyl (C=O) groups excluding carboxylic acids is 2. The smallest absolute Gasteiger partial charge is 0.0414 e. The number of carbonyl (C=O) groups is 2. The summed E-state index contributed by atoms with van der Waals surface area (Å²) in [5, 5.41) is 20.5. The summed E-state index contributed by atoms with van der Waals surface area (Å²) >= 11 is 0. The highest BCUT2D eigenvalue weighted by atomic mass is 16.4. The van der Waals surface area contributed by atoms with E-state index in [1.54, 1.807) is 0 Å². The minimum absolute atomic E-state index is 0.234. The number of rotatable bonds is 36. The molecule has 0 atom stereocenters. The van der Waals surface area contributed by atoms with Gasteiger partial charge in [-0.2, -0.15) is 0 Å². The molecule has 0 aromatic carbocycles. The van der Waals surface area contributed by atoms with Gasteiger partial charge in [0, 0.05) is 11.9 Å². The van der Waals surface area contributed by atoms with Gasteiger partial charge in [-0.1, -0.05) is 219 Å². The standard InChI is InChI=1S/C22H44O2.C18H36O2/c1-2-3-4-5-6-7-8-9-10-11-12-13-14-15-16-17-18-19-20-21-22(23)24;1-2-3-4-5-6-7-8-9-10-11-12-13-14-15-16-17-18(19)20/h2-21H2,1H3,(H,23,24);2-17H2,1H3,(H,19,20)/p-2. The summed E-state index contributed by atoms with van der Waals surface area (Å²) in [7, 11) is 0. The van der Waals surface area contributed by atoms with Crippen LogP contribution in [0.5, 0.6) is 0 Å². The molecule has 0 aromatic rings. The van der Waals surface area contributed by atoms with Crippen LogP contribution in [-0.2, 0) is 9.59 Å². The molecule has 4 nitrogen and oxygen atoms in total. The van der Waals surface area contributed by atoms with Crippen molar-refractivity contribution in [3.05, 3.63) is 0 Å². The predicted octanol–water partition coefficient (Wildman–Crippen LogP) is 11.6. The Balaban J connectivity index is 0. The molecule has 0 aliphatic heterocycles. The zero-order valence-electron chi connectivity index (χ0n) is 30.1. The maximum Gasteiger partial charge on any atom is 0.0414 e. The zero-order chi connectivity index (χ0) is 32.6. The first-order valence-corrected chi connectivity index (χ1v) is 19.9. The van der Waals surface area contributed by atoms with Crippen molar-refractivity contribution in [3.63, 3.8) is 0 Å². The van der Waals surface area contributed by atoms with Crippen LogP contribution in [0.4, 0.5) is 0 Å². The second kappa shape index (κ2) is 41.9. The van der Waals surface area contributed by atoms with E-state index < -0.39 is 11.9 Å². The molecule has 0 saturated carbocycles. The van der Waals surface area contributed by atoms with E-state index in [1.165, 1.54) is 193 Å². The van der Waals surface area contributed by atoms with Gasteiger partial charge in [0.05, 0.1) is 0 Å². The maximum atomic E-state index is 10.3. The fourth-order valence-corrected chi connectivity index (χ4v) is 5.99. The first-order valence-electron chi connectivity index (χ1n) is 19.9. The number of carboxylic acids is 2. The van der Waals surface area contributed by atoms with Crippen molar-refractivity contribution >= 4 is 11.9 Å². The Morgan fingerprint density at radius 2 is 0.409 bits per heavy atom. The van der Waals surface area contributed by atoms with Crippen molar-refractivity contribution in [2.45, 2.75) is 245 Å². The minimum atomic E-state index is -0.903. The molecule has 0 spiro atoms. The molecule has 0 radical (unpaired) electrons. The van der Waals surface area contributed by atoms with Crippen molar-refractivity contribution in [2.24, 2.45) is 0 Å². The lowest BCUT2D eigenvalue weighted by Crippen LogP contribution is -2.21. The van der Waals surface area contributed by atoms with E-state index in [0.717, 1.165) is 25.7 Å². The first kappa shape index (κ1) is 45.1. The van der Waals surface area contributed by atoms with Crippen LogP contribution in [0.3, 0.4) is 0 Å². The molecule has 0 unspecified atom stereocenters. The highest BCUT2D eigenvalue weighted by Crippen LogP contribution is 2.15. The van der Waals surface area contributed by atoms with E-state index in [9.17, 15) is 19.8 Å². The lowest BCUT2D eigenvalue weighted by atomic mass is 10.0. The number of unbranched alkanes of at least 4 members (excludes halogenated alkanes) is 32. The third-order valence-electron chi connectivity index (χ3n) is 8.97. The van der Waals surface area contributed by atoms with Crippen molar-refractivity contribution in [1.82, 2.24) is 0 Å². The lowest BCUT2D eigenvalue weighted by molar-refractivity contribution is -0.307. The predicted molar refractivity (Wildman–Crippen MR) is 188 cm³/mol. The summed E-state index contributed by atoms with van der Waals surface area (Å²) in [4.78, 5) is 20.5. The Kier molecular flexibility index (Phi) is 43.0. The van der Waals surface area contributed by atoms with Crippen LogP contribution >= 0.6 is 0 Å². The highest BCUT2D eigenvalue weighted by molar-refractivity contribution is 5.64. The van der Waals surface area contributed by atoms with Gasteiger partial charge in [0.15, 0.2) is 0 Å². The van der Waals surface area contributed by atoms with E-state index in [4.69, 9.17) is 0 Å². The van der Waals surface area contributed by atoms with Crippen molar-refractivity contribution < 1.29 is 19.8 Å². The van der Waals surface area contributed by atoms with Gasteiger partial charge in [-0.25, -0.2) is 0 Å². The number of hydrogen-bond donors (Lipinski definition) is 0. The SMILES string of the molecule is CCCCCCCCCCCCCCCCCC(=O)[O-].CCCCCCCCCCCCCCCCCCCCCC(=O)[O-]. The molecule has 0 rings (SSSR count). The Morgan fingerprint density at radius 1 is 0.273 bits per heavy atom. The first-order chi connectivity index (χ1) is 21.5. The molecular formula is C40H78O4-2.